The molecule has 3 aromatic rings. The summed E-state index contributed by atoms with van der Waals surface area (Å²) >= 11 is 0. The maximum Gasteiger partial charge on any atom is 0.265 e. The summed E-state index contributed by atoms with van der Waals surface area (Å²) in [7, 11) is -3.82. The van der Waals surface area contributed by atoms with Crippen molar-refractivity contribution in [3.63, 3.8) is 0 Å². The van der Waals surface area contributed by atoms with E-state index in [1.807, 2.05) is 19.9 Å². The number of aromatic nitrogens is 3. The quantitative estimate of drug-likeness (QED) is 0.682. The van der Waals surface area contributed by atoms with E-state index in [1.54, 1.807) is 10.7 Å². The summed E-state index contributed by atoms with van der Waals surface area (Å²) in [5.74, 6) is -0.0330. The Morgan fingerprint density at radius 3 is 2.38 bits per heavy atom. The number of halogens is 2. The number of hydrogen-bond donors (Lipinski definition) is 1. The number of aryl methyl sites for hydroxylation is 2. The van der Waals surface area contributed by atoms with E-state index >= 15 is 0 Å². The second kappa shape index (κ2) is 7.70. The molecule has 0 radical (unpaired) electrons. The van der Waals surface area contributed by atoms with Gasteiger partial charge >= 0.3 is 0 Å². The van der Waals surface area contributed by atoms with Crippen LogP contribution >= 0.6 is 0 Å². The van der Waals surface area contributed by atoms with Crippen LogP contribution in [0.15, 0.2) is 47.5 Å². The molecule has 2 heterocycles. The number of anilines is 1. The SMILES string of the molecule is Cc1cc(C)n(-c2ccc(C(=O)Nc3ccc(S(C)(=O)=O)c(C(F)F)c3)cn2)n1. The Hall–Kier alpha value is -3.14. The predicted molar refractivity (Wildman–Crippen MR) is 103 cm³/mol. The summed E-state index contributed by atoms with van der Waals surface area (Å²) in [5.41, 5.74) is 1.32. The van der Waals surface area contributed by atoms with E-state index < -0.39 is 32.6 Å². The first-order valence-corrected chi connectivity index (χ1v) is 10.4. The first-order chi connectivity index (χ1) is 13.6. The van der Waals surface area contributed by atoms with Crippen LogP contribution in [0.2, 0.25) is 0 Å². The van der Waals surface area contributed by atoms with Crippen molar-refractivity contribution >= 4 is 21.4 Å². The fourth-order valence-electron chi connectivity index (χ4n) is 2.84. The number of nitrogens with zero attached hydrogens (tertiary/aromatic N) is 3. The van der Waals surface area contributed by atoms with Crippen molar-refractivity contribution in [2.24, 2.45) is 0 Å². The Morgan fingerprint density at radius 1 is 1.14 bits per heavy atom. The molecule has 29 heavy (non-hydrogen) atoms. The predicted octanol–water partition coefficient (Wildman–Crippen LogP) is 3.48. The molecule has 0 atom stereocenters. The second-order valence-corrected chi connectivity index (χ2v) is 8.51. The minimum absolute atomic E-state index is 0.0559. The molecule has 7 nitrogen and oxygen atoms in total. The number of alkyl halides is 2. The van der Waals surface area contributed by atoms with E-state index in [4.69, 9.17) is 0 Å². The molecule has 1 aromatic carbocycles. The van der Waals surface area contributed by atoms with E-state index in [9.17, 15) is 22.0 Å². The molecule has 0 aliphatic carbocycles. The van der Waals surface area contributed by atoms with E-state index in [2.05, 4.69) is 15.4 Å². The second-order valence-electron chi connectivity index (χ2n) is 6.52. The Labute approximate surface area is 166 Å². The Kier molecular flexibility index (Phi) is 5.47. The van der Waals surface area contributed by atoms with E-state index in [1.165, 1.54) is 18.3 Å². The van der Waals surface area contributed by atoms with Crippen LogP contribution in [0, 0.1) is 13.8 Å². The van der Waals surface area contributed by atoms with E-state index in [-0.39, 0.29) is 11.3 Å². The third-order valence-electron chi connectivity index (χ3n) is 4.14. The molecule has 1 amide bonds. The van der Waals surface area contributed by atoms with Gasteiger partial charge in [-0.1, -0.05) is 0 Å². The maximum absolute atomic E-state index is 13.2. The minimum atomic E-state index is -3.82. The molecule has 0 unspecified atom stereocenters. The van der Waals surface area contributed by atoms with Crippen LogP contribution in [-0.4, -0.2) is 35.3 Å². The molecule has 0 bridgehead atoms. The van der Waals surface area contributed by atoms with Gasteiger partial charge < -0.3 is 5.32 Å². The summed E-state index contributed by atoms with van der Waals surface area (Å²) in [6.45, 7) is 3.73. The third-order valence-corrected chi connectivity index (χ3v) is 5.31. The highest BCUT2D eigenvalue weighted by molar-refractivity contribution is 7.90. The first kappa shape index (κ1) is 20.6. The Bertz CT molecular complexity index is 1170. The number of nitrogens with one attached hydrogen (secondary N) is 1. The van der Waals surface area contributed by atoms with Crippen molar-refractivity contribution in [2.75, 3.05) is 11.6 Å². The molecule has 1 N–H and O–H groups in total. The van der Waals surface area contributed by atoms with Crippen LogP contribution in [0.1, 0.15) is 33.7 Å². The number of carbonyl (C=O) groups excluding carboxylic acids is 1. The fraction of sp³-hybridized carbons (Fsp3) is 0.211. The average Bonchev–Trinajstić information content (AvgIpc) is 2.99. The van der Waals surface area contributed by atoms with Crippen LogP contribution in [0.3, 0.4) is 0 Å². The molecule has 3 rings (SSSR count). The lowest BCUT2D eigenvalue weighted by Crippen LogP contribution is -2.14. The number of rotatable bonds is 5. The molecular weight excluding hydrogens is 402 g/mol. The molecule has 0 saturated carbocycles. The number of sulfone groups is 1. The molecular formula is C19H18F2N4O3S. The highest BCUT2D eigenvalue weighted by Gasteiger charge is 2.21. The summed E-state index contributed by atoms with van der Waals surface area (Å²) < 4.78 is 51.4. The number of hydrogen-bond acceptors (Lipinski definition) is 5. The van der Waals surface area contributed by atoms with E-state index in [0.717, 1.165) is 29.8 Å². The zero-order chi connectivity index (χ0) is 21.3. The first-order valence-electron chi connectivity index (χ1n) is 8.49. The summed E-state index contributed by atoms with van der Waals surface area (Å²) in [4.78, 5) is 16.2. The van der Waals surface area contributed by atoms with Crippen molar-refractivity contribution in [1.82, 2.24) is 14.8 Å². The summed E-state index contributed by atoms with van der Waals surface area (Å²) in [6.07, 6.45) is -0.805. The van der Waals surface area contributed by atoms with Gasteiger partial charge in [0, 0.05) is 29.4 Å². The zero-order valence-corrected chi connectivity index (χ0v) is 16.7. The van der Waals surface area contributed by atoms with Crippen molar-refractivity contribution in [3.8, 4) is 5.82 Å². The van der Waals surface area contributed by atoms with Gasteiger partial charge in [-0.05, 0) is 50.2 Å². The zero-order valence-electron chi connectivity index (χ0n) is 15.8. The lowest BCUT2D eigenvalue weighted by atomic mass is 10.2. The molecule has 10 heteroatoms. The molecule has 0 fully saturated rings. The van der Waals surface area contributed by atoms with Crippen LogP contribution in [-0.2, 0) is 9.84 Å². The van der Waals surface area contributed by atoms with Crippen LogP contribution in [0.4, 0.5) is 14.5 Å². The van der Waals surface area contributed by atoms with Gasteiger partial charge in [0.15, 0.2) is 15.7 Å². The molecule has 0 saturated heterocycles. The molecule has 0 aliphatic heterocycles. The normalized spacial score (nSPS) is 11.7. The lowest BCUT2D eigenvalue weighted by molar-refractivity contribution is 0.102. The number of amides is 1. The van der Waals surface area contributed by atoms with Crippen molar-refractivity contribution in [1.29, 1.82) is 0 Å². The van der Waals surface area contributed by atoms with Gasteiger partial charge in [0.2, 0.25) is 0 Å². The largest absolute Gasteiger partial charge is 0.322 e. The molecule has 152 valence electrons. The highest BCUT2D eigenvalue weighted by atomic mass is 32.2. The topological polar surface area (TPSA) is 94.0 Å². The third kappa shape index (κ3) is 4.48. The number of pyridine rings is 1. The van der Waals surface area contributed by atoms with Crippen molar-refractivity contribution < 1.29 is 22.0 Å². The Balaban J connectivity index is 1.83. The maximum atomic E-state index is 13.2. The highest BCUT2D eigenvalue weighted by Crippen LogP contribution is 2.29. The van der Waals surface area contributed by atoms with Gasteiger partial charge in [0.1, 0.15) is 0 Å². The van der Waals surface area contributed by atoms with Crippen LogP contribution in [0.25, 0.3) is 5.82 Å². The van der Waals surface area contributed by atoms with Gasteiger partial charge in [0.25, 0.3) is 12.3 Å². The van der Waals surface area contributed by atoms with Crippen LogP contribution in [0.5, 0.6) is 0 Å². The van der Waals surface area contributed by atoms with Crippen LogP contribution < -0.4 is 5.32 Å². The monoisotopic (exact) mass is 420 g/mol. The van der Waals surface area contributed by atoms with Gasteiger partial charge in [0.05, 0.1) is 16.2 Å². The van der Waals surface area contributed by atoms with Gasteiger partial charge in [-0.2, -0.15) is 5.10 Å². The van der Waals surface area contributed by atoms with Crippen molar-refractivity contribution in [3.05, 3.63) is 65.1 Å². The summed E-state index contributed by atoms with van der Waals surface area (Å²) in [6, 6.07) is 8.31. The van der Waals surface area contributed by atoms with E-state index in [0.29, 0.717) is 5.82 Å². The van der Waals surface area contributed by atoms with Gasteiger partial charge in [-0.15, -0.1) is 0 Å². The molecule has 0 spiro atoms. The molecule has 2 aromatic heterocycles. The standard InChI is InChI=1S/C19H18F2N4O3S/c1-11-8-12(2)25(24-11)17-7-4-13(10-22-17)19(26)23-14-5-6-16(29(3,27)28)15(9-14)18(20)21/h4-10,18H,1-3H3,(H,23,26). The number of benzene rings is 1. The molecule has 0 aliphatic rings. The minimum Gasteiger partial charge on any atom is -0.322 e. The average molecular weight is 420 g/mol. The van der Waals surface area contributed by atoms with Gasteiger partial charge in [-0.3, -0.25) is 4.79 Å². The Morgan fingerprint density at radius 2 is 1.86 bits per heavy atom. The number of carbonyl (C=O) groups is 1. The smallest absolute Gasteiger partial charge is 0.265 e. The van der Waals surface area contributed by atoms with Gasteiger partial charge in [-0.25, -0.2) is 26.9 Å². The van der Waals surface area contributed by atoms with Crippen molar-refractivity contribution in [2.45, 2.75) is 25.2 Å². The lowest BCUT2D eigenvalue weighted by Gasteiger charge is -2.11. The summed E-state index contributed by atoms with van der Waals surface area (Å²) in [5, 5.41) is 6.79. The fourth-order valence-corrected chi connectivity index (χ4v) is 3.74.